The minimum absolute atomic E-state index is 0.972. The minimum Gasteiger partial charge on any atom is -0.313 e. The average Bonchev–Trinajstić information content (AvgIpc) is 2.44. The first kappa shape index (κ1) is 13.7. The Morgan fingerprint density at radius 1 is 1.25 bits per heavy atom. The predicted octanol–water partition coefficient (Wildman–Crippen LogP) is 1.18. The maximum atomic E-state index is 4.15. The lowest BCUT2D eigenvalue weighted by Gasteiger charge is -2.21. The summed E-state index contributed by atoms with van der Waals surface area (Å²) in [6, 6.07) is 0. The fraction of sp³-hybridized carbons (Fsp3) is 0.846. The molecule has 94 valence electrons. The first-order valence-electron chi connectivity index (χ1n) is 6.50. The molecule has 1 fully saturated rings. The van der Waals surface area contributed by atoms with Gasteiger partial charge in [-0.2, -0.15) is 0 Å². The van der Waals surface area contributed by atoms with E-state index in [1.54, 1.807) is 0 Å². The van der Waals surface area contributed by atoms with E-state index in [2.05, 4.69) is 35.7 Å². The van der Waals surface area contributed by atoms with Gasteiger partial charge in [0.2, 0.25) is 0 Å². The summed E-state index contributed by atoms with van der Waals surface area (Å²) < 4.78 is 0. The summed E-state index contributed by atoms with van der Waals surface area (Å²) in [6.07, 6.45) is 2.48. The van der Waals surface area contributed by atoms with Crippen molar-refractivity contribution >= 4 is 0 Å². The molecule has 16 heavy (non-hydrogen) atoms. The summed E-state index contributed by atoms with van der Waals surface area (Å²) in [7, 11) is 2.21. The normalized spacial score (nSPS) is 19.6. The number of nitrogens with zero attached hydrogens (tertiary/aromatic N) is 2. The first-order chi connectivity index (χ1) is 7.72. The van der Waals surface area contributed by atoms with Crippen LogP contribution in [0.3, 0.4) is 0 Å². The molecule has 0 aliphatic carbocycles. The van der Waals surface area contributed by atoms with Crippen LogP contribution in [0.4, 0.5) is 0 Å². The summed E-state index contributed by atoms with van der Waals surface area (Å²) in [6.45, 7) is 14.3. The van der Waals surface area contributed by atoms with Crippen molar-refractivity contribution in [2.75, 3.05) is 52.9 Å². The van der Waals surface area contributed by atoms with Gasteiger partial charge < -0.3 is 10.2 Å². The van der Waals surface area contributed by atoms with E-state index in [1.807, 2.05) is 0 Å². The standard InChI is InChI=1S/C13H27N3/c1-4-6-14-11-13(2)12-16-8-5-7-15(3)9-10-16/h14H,2,4-12H2,1,3H3. The van der Waals surface area contributed by atoms with Gasteiger partial charge in [-0.15, -0.1) is 0 Å². The summed E-state index contributed by atoms with van der Waals surface area (Å²) >= 11 is 0. The predicted molar refractivity (Wildman–Crippen MR) is 70.9 cm³/mol. The van der Waals surface area contributed by atoms with Crippen LogP contribution < -0.4 is 5.32 Å². The van der Waals surface area contributed by atoms with Crippen LogP contribution in [0, 0.1) is 0 Å². The third kappa shape index (κ3) is 5.64. The van der Waals surface area contributed by atoms with Gasteiger partial charge in [0.05, 0.1) is 0 Å². The maximum absolute atomic E-state index is 4.15. The highest BCUT2D eigenvalue weighted by Gasteiger charge is 2.12. The molecule has 0 radical (unpaired) electrons. The number of hydrogen-bond acceptors (Lipinski definition) is 3. The van der Waals surface area contributed by atoms with Gasteiger partial charge in [-0.25, -0.2) is 0 Å². The van der Waals surface area contributed by atoms with Gasteiger partial charge in [0.15, 0.2) is 0 Å². The Hall–Kier alpha value is -0.380. The summed E-state index contributed by atoms with van der Waals surface area (Å²) in [5.74, 6) is 0. The van der Waals surface area contributed by atoms with E-state index in [4.69, 9.17) is 0 Å². The van der Waals surface area contributed by atoms with Gasteiger partial charge in [0.1, 0.15) is 0 Å². The summed E-state index contributed by atoms with van der Waals surface area (Å²) in [4.78, 5) is 4.94. The monoisotopic (exact) mass is 225 g/mol. The fourth-order valence-corrected chi connectivity index (χ4v) is 2.07. The molecule has 3 nitrogen and oxygen atoms in total. The van der Waals surface area contributed by atoms with Crippen LogP contribution in [0.25, 0.3) is 0 Å². The summed E-state index contributed by atoms with van der Waals surface area (Å²) in [5.41, 5.74) is 1.32. The SMILES string of the molecule is C=C(CNCCC)CN1CCCN(C)CC1. The zero-order valence-corrected chi connectivity index (χ0v) is 11.0. The van der Waals surface area contributed by atoms with E-state index in [0.29, 0.717) is 0 Å². The molecular weight excluding hydrogens is 198 g/mol. The van der Waals surface area contributed by atoms with E-state index in [-0.39, 0.29) is 0 Å². The Morgan fingerprint density at radius 3 is 2.81 bits per heavy atom. The molecule has 0 unspecified atom stereocenters. The second-order valence-electron chi connectivity index (χ2n) is 4.86. The zero-order valence-electron chi connectivity index (χ0n) is 11.0. The zero-order chi connectivity index (χ0) is 11.8. The summed E-state index contributed by atoms with van der Waals surface area (Å²) in [5, 5.41) is 3.41. The van der Waals surface area contributed by atoms with Crippen molar-refractivity contribution < 1.29 is 0 Å². The highest BCUT2D eigenvalue weighted by Crippen LogP contribution is 2.03. The van der Waals surface area contributed by atoms with Crippen molar-refractivity contribution in [3.05, 3.63) is 12.2 Å². The van der Waals surface area contributed by atoms with Crippen molar-refractivity contribution in [2.24, 2.45) is 0 Å². The minimum atomic E-state index is 0.972. The van der Waals surface area contributed by atoms with Gasteiger partial charge in [-0.05, 0) is 45.1 Å². The lowest BCUT2D eigenvalue weighted by Crippen LogP contribution is -2.32. The van der Waals surface area contributed by atoms with Crippen molar-refractivity contribution in [1.82, 2.24) is 15.1 Å². The lowest BCUT2D eigenvalue weighted by atomic mass is 10.2. The van der Waals surface area contributed by atoms with E-state index < -0.39 is 0 Å². The van der Waals surface area contributed by atoms with Gasteiger partial charge in [0, 0.05) is 26.2 Å². The van der Waals surface area contributed by atoms with Crippen LogP contribution >= 0.6 is 0 Å². The molecule has 1 N–H and O–H groups in total. The van der Waals surface area contributed by atoms with Gasteiger partial charge in [-0.1, -0.05) is 13.5 Å². The molecular formula is C13H27N3. The smallest absolute Gasteiger partial charge is 0.0203 e. The molecule has 0 amide bonds. The quantitative estimate of drug-likeness (QED) is 0.541. The van der Waals surface area contributed by atoms with E-state index >= 15 is 0 Å². The fourth-order valence-electron chi connectivity index (χ4n) is 2.07. The van der Waals surface area contributed by atoms with Crippen LogP contribution in [0.15, 0.2) is 12.2 Å². The molecule has 3 heteroatoms. The van der Waals surface area contributed by atoms with Crippen LogP contribution in [0.1, 0.15) is 19.8 Å². The molecule has 0 aromatic rings. The molecule has 0 spiro atoms. The van der Waals surface area contributed by atoms with Gasteiger partial charge in [0.25, 0.3) is 0 Å². The first-order valence-corrected chi connectivity index (χ1v) is 6.50. The second kappa shape index (κ2) is 7.82. The van der Waals surface area contributed by atoms with Crippen molar-refractivity contribution in [1.29, 1.82) is 0 Å². The molecule has 0 aromatic carbocycles. The Kier molecular flexibility index (Phi) is 6.69. The third-order valence-electron chi connectivity index (χ3n) is 3.06. The molecule has 1 heterocycles. The lowest BCUT2D eigenvalue weighted by molar-refractivity contribution is 0.293. The van der Waals surface area contributed by atoms with Gasteiger partial charge in [-0.3, -0.25) is 4.90 Å². The van der Waals surface area contributed by atoms with Crippen LogP contribution in [0.5, 0.6) is 0 Å². The van der Waals surface area contributed by atoms with Crippen LogP contribution in [-0.4, -0.2) is 62.7 Å². The number of hydrogen-bond donors (Lipinski definition) is 1. The highest BCUT2D eigenvalue weighted by atomic mass is 15.2. The third-order valence-corrected chi connectivity index (χ3v) is 3.06. The Morgan fingerprint density at radius 2 is 2.06 bits per heavy atom. The molecule has 0 saturated carbocycles. The Labute approximate surface area is 100 Å². The Bertz CT molecular complexity index is 203. The van der Waals surface area contributed by atoms with Crippen molar-refractivity contribution in [2.45, 2.75) is 19.8 Å². The second-order valence-corrected chi connectivity index (χ2v) is 4.86. The Balaban J connectivity index is 2.17. The highest BCUT2D eigenvalue weighted by molar-refractivity contribution is 5.00. The molecule has 1 aliphatic heterocycles. The molecule has 1 aliphatic rings. The van der Waals surface area contributed by atoms with Crippen LogP contribution in [-0.2, 0) is 0 Å². The number of nitrogens with one attached hydrogen (secondary N) is 1. The topological polar surface area (TPSA) is 18.5 Å². The maximum Gasteiger partial charge on any atom is 0.0203 e. The van der Waals surface area contributed by atoms with Crippen molar-refractivity contribution in [3.63, 3.8) is 0 Å². The van der Waals surface area contributed by atoms with E-state index in [1.165, 1.54) is 44.6 Å². The molecule has 1 rings (SSSR count). The number of likely N-dealkylation sites (N-methyl/N-ethyl adjacent to an activating group) is 1. The molecule has 0 atom stereocenters. The van der Waals surface area contributed by atoms with E-state index in [9.17, 15) is 0 Å². The van der Waals surface area contributed by atoms with Crippen LogP contribution in [0.2, 0.25) is 0 Å². The largest absolute Gasteiger partial charge is 0.313 e. The van der Waals surface area contributed by atoms with Gasteiger partial charge >= 0.3 is 0 Å². The molecule has 0 bridgehead atoms. The van der Waals surface area contributed by atoms with Crippen molar-refractivity contribution in [3.8, 4) is 0 Å². The molecule has 1 saturated heterocycles. The number of rotatable bonds is 6. The average molecular weight is 225 g/mol. The van der Waals surface area contributed by atoms with E-state index in [0.717, 1.165) is 19.6 Å². The molecule has 0 aromatic heterocycles.